The highest BCUT2D eigenvalue weighted by atomic mass is 32.2. The van der Waals surface area contributed by atoms with Gasteiger partial charge in [-0.15, -0.1) is 24.9 Å². The Labute approximate surface area is 268 Å². The fourth-order valence-corrected chi connectivity index (χ4v) is 10.3. The lowest BCUT2D eigenvalue weighted by Crippen LogP contribution is -2.58. The van der Waals surface area contributed by atoms with Crippen LogP contribution in [-0.2, 0) is 14.4 Å². The van der Waals surface area contributed by atoms with Crippen LogP contribution in [0.4, 0.5) is 11.4 Å². The van der Waals surface area contributed by atoms with E-state index in [-0.39, 0.29) is 36.8 Å². The Morgan fingerprint density at radius 1 is 1.05 bits per heavy atom. The van der Waals surface area contributed by atoms with Crippen LogP contribution < -0.4 is 9.80 Å². The summed E-state index contributed by atoms with van der Waals surface area (Å²) < 4.78 is -1.23. The fourth-order valence-electron chi connectivity index (χ4n) is 7.94. The second-order valence-corrected chi connectivity index (χ2v) is 14.9. The second kappa shape index (κ2) is 13.7. The van der Waals surface area contributed by atoms with Gasteiger partial charge in [0.15, 0.2) is 0 Å². The molecule has 0 aromatic heterocycles. The van der Waals surface area contributed by atoms with Gasteiger partial charge in [0.05, 0.1) is 29.2 Å². The molecule has 8 nitrogen and oxygen atoms in total. The van der Waals surface area contributed by atoms with Crippen molar-refractivity contribution in [2.24, 2.45) is 17.8 Å². The van der Waals surface area contributed by atoms with Crippen molar-refractivity contribution in [2.75, 3.05) is 49.1 Å². The zero-order valence-electron chi connectivity index (χ0n) is 27.5. The van der Waals surface area contributed by atoms with E-state index < -0.39 is 33.4 Å². The lowest BCUT2D eigenvalue weighted by molar-refractivity contribution is -0.147. The molecule has 1 N–H and O–H groups in total. The van der Waals surface area contributed by atoms with Gasteiger partial charge in [0, 0.05) is 48.8 Å². The highest BCUT2D eigenvalue weighted by Crippen LogP contribution is 2.72. The van der Waals surface area contributed by atoms with Gasteiger partial charge in [-0.1, -0.05) is 32.9 Å². The van der Waals surface area contributed by atoms with Crippen LogP contribution in [-0.4, -0.2) is 93.5 Å². The number of anilines is 2. The molecule has 4 rings (SSSR count). The Kier molecular flexibility index (Phi) is 10.6. The third-order valence-electron chi connectivity index (χ3n) is 10.1. The minimum absolute atomic E-state index is 0.0326. The third-order valence-corrected chi connectivity index (χ3v) is 12.0. The summed E-state index contributed by atoms with van der Waals surface area (Å²) in [6, 6.07) is 6.62. The number of amides is 3. The summed E-state index contributed by atoms with van der Waals surface area (Å²) in [5.74, 6) is -1.67. The maximum absolute atomic E-state index is 15.0. The van der Waals surface area contributed by atoms with Crippen molar-refractivity contribution in [3.05, 3.63) is 49.6 Å². The van der Waals surface area contributed by atoms with Gasteiger partial charge >= 0.3 is 0 Å². The lowest BCUT2D eigenvalue weighted by Gasteiger charge is -2.40. The van der Waals surface area contributed by atoms with Crippen LogP contribution in [0, 0.1) is 17.8 Å². The summed E-state index contributed by atoms with van der Waals surface area (Å²) in [6.07, 6.45) is 5.66. The molecule has 3 aliphatic rings. The van der Waals surface area contributed by atoms with E-state index in [0.717, 1.165) is 37.3 Å². The minimum Gasteiger partial charge on any atom is -0.394 e. The Bertz CT molecular complexity index is 1230. The van der Waals surface area contributed by atoms with Crippen LogP contribution in [0.3, 0.4) is 0 Å². The molecule has 1 spiro atoms. The molecule has 0 aliphatic carbocycles. The average Bonchev–Trinajstić information content (AvgIpc) is 3.57. The van der Waals surface area contributed by atoms with Crippen LogP contribution >= 0.6 is 11.8 Å². The van der Waals surface area contributed by atoms with E-state index in [2.05, 4.69) is 38.8 Å². The Morgan fingerprint density at radius 2 is 1.66 bits per heavy atom. The van der Waals surface area contributed by atoms with E-state index in [1.54, 1.807) is 33.7 Å². The molecular formula is C35H52N4O4S. The van der Waals surface area contributed by atoms with Crippen molar-refractivity contribution in [2.45, 2.75) is 82.4 Å². The molecule has 3 heterocycles. The molecule has 3 fully saturated rings. The van der Waals surface area contributed by atoms with Gasteiger partial charge in [0.2, 0.25) is 11.8 Å². The van der Waals surface area contributed by atoms with Crippen molar-refractivity contribution >= 4 is 40.9 Å². The first-order chi connectivity index (χ1) is 21.0. The minimum atomic E-state index is -0.814. The quantitative estimate of drug-likeness (QED) is 0.278. The number of aliphatic hydroxyl groups excluding tert-OH is 1. The van der Waals surface area contributed by atoms with Gasteiger partial charge in [-0.3, -0.25) is 14.4 Å². The van der Waals surface area contributed by atoms with E-state index in [4.69, 9.17) is 0 Å². The predicted octanol–water partition coefficient (Wildman–Crippen LogP) is 4.97. The Balaban J connectivity index is 1.83. The second-order valence-electron chi connectivity index (χ2n) is 13.0. The van der Waals surface area contributed by atoms with Crippen molar-refractivity contribution < 1.29 is 19.5 Å². The zero-order chi connectivity index (χ0) is 32.4. The number of hydrogen-bond donors (Lipinski definition) is 1. The SMILES string of the molecule is C=CCN(CCC)C(=O)[C@H]1[C@H]2C(=O)N([C@@H](CO)C(C)C)C(C(=O)N(CC=C)c3ccc(N(CC)CC)cc3)C23CC[C@]1(C)S3. The number of carbonyl (C=O) groups is 3. The first-order valence-electron chi connectivity index (χ1n) is 16.3. The molecule has 9 heteroatoms. The largest absolute Gasteiger partial charge is 0.394 e. The summed E-state index contributed by atoms with van der Waals surface area (Å²) in [5.41, 5.74) is 1.82. The van der Waals surface area contributed by atoms with E-state index in [1.165, 1.54) is 0 Å². The molecular weight excluding hydrogens is 572 g/mol. The normalized spacial score (nSPS) is 27.8. The van der Waals surface area contributed by atoms with Gasteiger partial charge in [-0.2, -0.15) is 0 Å². The number of rotatable bonds is 15. The highest BCUT2D eigenvalue weighted by molar-refractivity contribution is 8.02. The van der Waals surface area contributed by atoms with Crippen LogP contribution in [0.2, 0.25) is 0 Å². The van der Waals surface area contributed by atoms with E-state index in [1.807, 2.05) is 49.9 Å². The Morgan fingerprint density at radius 3 is 2.18 bits per heavy atom. The summed E-state index contributed by atoms with van der Waals surface area (Å²) in [7, 11) is 0. The molecule has 44 heavy (non-hydrogen) atoms. The van der Waals surface area contributed by atoms with Gasteiger partial charge < -0.3 is 24.7 Å². The molecule has 2 unspecified atom stereocenters. The fraction of sp³-hybridized carbons (Fsp3) is 0.629. The van der Waals surface area contributed by atoms with E-state index >= 15 is 0 Å². The number of likely N-dealkylation sites (tertiary alicyclic amines) is 1. The molecule has 3 saturated heterocycles. The lowest BCUT2D eigenvalue weighted by atomic mass is 9.66. The molecule has 0 radical (unpaired) electrons. The predicted molar refractivity (Wildman–Crippen MR) is 181 cm³/mol. The zero-order valence-corrected chi connectivity index (χ0v) is 28.3. The van der Waals surface area contributed by atoms with Gasteiger partial charge in [0.1, 0.15) is 6.04 Å². The van der Waals surface area contributed by atoms with Crippen molar-refractivity contribution in [1.82, 2.24) is 9.80 Å². The van der Waals surface area contributed by atoms with Crippen molar-refractivity contribution in [1.29, 1.82) is 0 Å². The molecule has 242 valence electrons. The number of hydrogen-bond acceptors (Lipinski definition) is 6. The number of thioether (sulfide) groups is 1. The number of nitrogens with zero attached hydrogens (tertiary/aromatic N) is 4. The first kappa shape index (κ1) is 34.1. The molecule has 3 amide bonds. The standard InChI is InChI=1S/C35H52N4O4S/c1-9-20-37(21-10-2)31(41)28-29-32(42)39(27(23-40)24(6)7)30(35(29)19-18-34(28,8)44-35)33(43)38(22-11-3)26-16-14-25(15-17-26)36(12-4)13-5/h9,11,14-17,24,27-30,40H,1,3,10,12-13,18-23H2,2,4-8H3/t27-,28+,29-,30?,34-,35?/m0/s1. The topological polar surface area (TPSA) is 84.4 Å². The summed E-state index contributed by atoms with van der Waals surface area (Å²) in [5, 5.41) is 10.6. The summed E-state index contributed by atoms with van der Waals surface area (Å²) >= 11 is 1.67. The number of carbonyl (C=O) groups excluding carboxylic acids is 3. The third kappa shape index (κ3) is 5.59. The van der Waals surface area contributed by atoms with E-state index in [0.29, 0.717) is 19.5 Å². The maximum Gasteiger partial charge on any atom is 0.251 e. The van der Waals surface area contributed by atoms with Crippen LogP contribution in [0.1, 0.15) is 60.8 Å². The summed E-state index contributed by atoms with van der Waals surface area (Å²) in [6.45, 7) is 22.9. The van der Waals surface area contributed by atoms with Crippen molar-refractivity contribution in [3.63, 3.8) is 0 Å². The molecule has 2 bridgehead atoms. The van der Waals surface area contributed by atoms with Crippen LogP contribution in [0.25, 0.3) is 0 Å². The molecule has 1 aromatic rings. The number of aliphatic hydroxyl groups is 1. The monoisotopic (exact) mass is 624 g/mol. The molecule has 3 aliphatic heterocycles. The van der Waals surface area contributed by atoms with Crippen LogP contribution in [0.5, 0.6) is 0 Å². The molecule has 6 atom stereocenters. The molecule has 0 saturated carbocycles. The van der Waals surface area contributed by atoms with Crippen LogP contribution in [0.15, 0.2) is 49.6 Å². The highest BCUT2D eigenvalue weighted by Gasteiger charge is 2.78. The number of benzene rings is 1. The average molecular weight is 625 g/mol. The molecule has 1 aromatic carbocycles. The first-order valence-corrected chi connectivity index (χ1v) is 17.1. The van der Waals surface area contributed by atoms with Crippen molar-refractivity contribution in [3.8, 4) is 0 Å². The smallest absolute Gasteiger partial charge is 0.251 e. The maximum atomic E-state index is 15.0. The Hall–Kier alpha value is -2.78. The number of fused-ring (bicyclic) bond motifs is 1. The van der Waals surface area contributed by atoms with E-state index in [9.17, 15) is 19.5 Å². The van der Waals surface area contributed by atoms with Gasteiger partial charge in [-0.05, 0) is 70.2 Å². The summed E-state index contributed by atoms with van der Waals surface area (Å²) in [4.78, 5) is 51.4. The van der Waals surface area contributed by atoms with Gasteiger partial charge in [-0.25, -0.2) is 0 Å². The van der Waals surface area contributed by atoms with Gasteiger partial charge in [0.25, 0.3) is 5.91 Å².